The highest BCUT2D eigenvalue weighted by molar-refractivity contribution is 8.19. The summed E-state index contributed by atoms with van der Waals surface area (Å²) in [5.41, 5.74) is 3.55. The van der Waals surface area contributed by atoms with Gasteiger partial charge < -0.3 is 5.32 Å². The third-order valence-corrected chi connectivity index (χ3v) is 7.01. The maximum Gasteiger partial charge on any atom is 0.258 e. The van der Waals surface area contributed by atoms with Gasteiger partial charge in [0.25, 0.3) is 5.91 Å². The first-order chi connectivity index (χ1) is 12.3. The minimum Gasteiger partial charge on any atom is -0.322 e. The summed E-state index contributed by atoms with van der Waals surface area (Å²) >= 11 is 3.91. The molecule has 4 nitrogen and oxygen atoms in total. The van der Waals surface area contributed by atoms with E-state index in [0.29, 0.717) is 10.1 Å². The number of thioether (sulfide) groups is 2. The van der Waals surface area contributed by atoms with Crippen molar-refractivity contribution in [2.75, 3.05) is 16.8 Å². The SMILES string of the molecule is O=C(Nc1cccc(C2SCCS2)c1)c1cnn(-c2ccccc2)c1. The highest BCUT2D eigenvalue weighted by atomic mass is 32.2. The summed E-state index contributed by atoms with van der Waals surface area (Å²) < 4.78 is 2.18. The number of nitrogens with one attached hydrogen (secondary N) is 1. The van der Waals surface area contributed by atoms with Crippen molar-refractivity contribution in [3.05, 3.63) is 78.1 Å². The Kier molecular flexibility index (Phi) is 4.81. The number of anilines is 1. The van der Waals surface area contributed by atoms with Gasteiger partial charge in [0.15, 0.2) is 0 Å². The molecule has 0 spiro atoms. The minimum atomic E-state index is -0.147. The van der Waals surface area contributed by atoms with Crippen LogP contribution in [0.4, 0.5) is 5.69 Å². The van der Waals surface area contributed by atoms with Crippen molar-refractivity contribution in [1.82, 2.24) is 9.78 Å². The van der Waals surface area contributed by atoms with Gasteiger partial charge in [-0.3, -0.25) is 4.79 Å². The lowest BCUT2D eigenvalue weighted by Gasteiger charge is -2.10. The van der Waals surface area contributed by atoms with E-state index in [-0.39, 0.29) is 5.91 Å². The average Bonchev–Trinajstić information content (AvgIpc) is 3.35. The molecular weight excluding hydrogens is 350 g/mol. The predicted octanol–water partition coefficient (Wildman–Crippen LogP) is 4.60. The predicted molar refractivity (Wildman–Crippen MR) is 106 cm³/mol. The van der Waals surface area contributed by atoms with Crippen molar-refractivity contribution in [1.29, 1.82) is 0 Å². The van der Waals surface area contributed by atoms with Crippen LogP contribution in [0, 0.1) is 0 Å². The molecule has 0 bridgehead atoms. The average molecular weight is 367 g/mol. The van der Waals surface area contributed by atoms with Crippen molar-refractivity contribution in [3.63, 3.8) is 0 Å². The van der Waals surface area contributed by atoms with Gasteiger partial charge in [-0.05, 0) is 29.8 Å². The van der Waals surface area contributed by atoms with Crippen LogP contribution in [0.2, 0.25) is 0 Å². The number of benzene rings is 2. The molecule has 1 aliphatic heterocycles. The van der Waals surface area contributed by atoms with Gasteiger partial charge in [0.1, 0.15) is 0 Å². The number of carbonyl (C=O) groups is 1. The smallest absolute Gasteiger partial charge is 0.258 e. The molecule has 0 aliphatic carbocycles. The van der Waals surface area contributed by atoms with E-state index in [1.807, 2.05) is 66.0 Å². The number of hydrogen-bond donors (Lipinski definition) is 1. The summed E-state index contributed by atoms with van der Waals surface area (Å²) in [7, 11) is 0. The summed E-state index contributed by atoms with van der Waals surface area (Å²) in [5.74, 6) is 2.22. The molecular formula is C19H17N3OS2. The molecule has 0 radical (unpaired) electrons. The second-order valence-corrected chi connectivity index (χ2v) is 8.39. The van der Waals surface area contributed by atoms with E-state index in [1.54, 1.807) is 17.1 Å². The fourth-order valence-corrected chi connectivity index (χ4v) is 5.52. The van der Waals surface area contributed by atoms with Gasteiger partial charge in [0.05, 0.1) is 22.0 Å². The first-order valence-corrected chi connectivity index (χ1v) is 10.1. The van der Waals surface area contributed by atoms with Crippen molar-refractivity contribution in [3.8, 4) is 5.69 Å². The van der Waals surface area contributed by atoms with Gasteiger partial charge in [0.2, 0.25) is 0 Å². The Morgan fingerprint density at radius 2 is 1.88 bits per heavy atom. The lowest BCUT2D eigenvalue weighted by Crippen LogP contribution is -2.11. The highest BCUT2D eigenvalue weighted by Crippen LogP contribution is 2.45. The van der Waals surface area contributed by atoms with E-state index < -0.39 is 0 Å². The van der Waals surface area contributed by atoms with E-state index in [9.17, 15) is 4.79 Å². The Morgan fingerprint density at radius 3 is 2.68 bits per heavy atom. The molecule has 0 unspecified atom stereocenters. The lowest BCUT2D eigenvalue weighted by atomic mass is 10.2. The molecule has 1 fully saturated rings. The van der Waals surface area contributed by atoms with Gasteiger partial charge in [-0.25, -0.2) is 4.68 Å². The molecule has 25 heavy (non-hydrogen) atoms. The number of amides is 1. The van der Waals surface area contributed by atoms with Crippen LogP contribution in [0.5, 0.6) is 0 Å². The van der Waals surface area contributed by atoms with Crippen LogP contribution in [0.1, 0.15) is 20.5 Å². The third-order valence-electron chi connectivity index (χ3n) is 3.90. The Bertz CT molecular complexity index is 873. The minimum absolute atomic E-state index is 0.147. The molecule has 1 aliphatic rings. The zero-order chi connectivity index (χ0) is 17.1. The molecule has 2 heterocycles. The number of aromatic nitrogens is 2. The standard InChI is InChI=1S/C19H17N3OS2/c23-18(15-12-20-22(13-15)17-7-2-1-3-8-17)21-16-6-4-5-14(11-16)19-24-9-10-25-19/h1-8,11-13,19H,9-10H2,(H,21,23). The molecule has 126 valence electrons. The van der Waals surface area contributed by atoms with Crippen LogP contribution in [-0.2, 0) is 0 Å². The van der Waals surface area contributed by atoms with E-state index in [2.05, 4.69) is 22.5 Å². The quantitative estimate of drug-likeness (QED) is 0.732. The zero-order valence-corrected chi connectivity index (χ0v) is 15.1. The fourth-order valence-electron chi connectivity index (χ4n) is 2.68. The summed E-state index contributed by atoms with van der Waals surface area (Å²) in [5, 5.41) is 7.25. The lowest BCUT2D eigenvalue weighted by molar-refractivity contribution is 0.102. The van der Waals surface area contributed by atoms with E-state index in [1.165, 1.54) is 17.1 Å². The molecule has 1 N–H and O–H groups in total. The van der Waals surface area contributed by atoms with Crippen LogP contribution in [0.15, 0.2) is 67.0 Å². The second-order valence-electron chi connectivity index (χ2n) is 5.66. The first kappa shape index (κ1) is 16.3. The van der Waals surface area contributed by atoms with Crippen LogP contribution < -0.4 is 5.32 Å². The Balaban J connectivity index is 1.49. The van der Waals surface area contributed by atoms with Crippen molar-refractivity contribution in [2.45, 2.75) is 4.58 Å². The topological polar surface area (TPSA) is 46.9 Å². The van der Waals surface area contributed by atoms with Gasteiger partial charge in [-0.15, -0.1) is 23.5 Å². The van der Waals surface area contributed by atoms with E-state index in [0.717, 1.165) is 11.4 Å². The number of para-hydroxylation sites is 1. The number of carbonyl (C=O) groups excluding carboxylic acids is 1. The van der Waals surface area contributed by atoms with Crippen LogP contribution >= 0.6 is 23.5 Å². The largest absolute Gasteiger partial charge is 0.322 e. The highest BCUT2D eigenvalue weighted by Gasteiger charge is 2.18. The summed E-state index contributed by atoms with van der Waals surface area (Å²) in [6.45, 7) is 0. The second kappa shape index (κ2) is 7.37. The molecule has 3 aromatic rings. The van der Waals surface area contributed by atoms with Crippen LogP contribution in [0.3, 0.4) is 0 Å². The Hall–Kier alpha value is -2.18. The molecule has 2 aromatic carbocycles. The molecule has 1 amide bonds. The van der Waals surface area contributed by atoms with Gasteiger partial charge in [-0.1, -0.05) is 30.3 Å². The van der Waals surface area contributed by atoms with Crippen molar-refractivity contribution >= 4 is 35.1 Å². The number of rotatable bonds is 4. The van der Waals surface area contributed by atoms with E-state index in [4.69, 9.17) is 0 Å². The third kappa shape index (κ3) is 3.75. The zero-order valence-electron chi connectivity index (χ0n) is 13.5. The Labute approximate surface area is 155 Å². The first-order valence-electron chi connectivity index (χ1n) is 8.04. The maximum absolute atomic E-state index is 12.5. The molecule has 1 saturated heterocycles. The molecule has 4 rings (SSSR count). The Morgan fingerprint density at radius 1 is 1.08 bits per heavy atom. The monoisotopic (exact) mass is 367 g/mol. The number of nitrogens with zero attached hydrogens (tertiary/aromatic N) is 2. The summed E-state index contributed by atoms with van der Waals surface area (Å²) in [4.78, 5) is 12.5. The van der Waals surface area contributed by atoms with Crippen LogP contribution in [-0.4, -0.2) is 27.2 Å². The van der Waals surface area contributed by atoms with Gasteiger partial charge in [0, 0.05) is 23.4 Å². The van der Waals surface area contributed by atoms with Crippen molar-refractivity contribution in [2.24, 2.45) is 0 Å². The van der Waals surface area contributed by atoms with Gasteiger partial charge in [-0.2, -0.15) is 5.10 Å². The van der Waals surface area contributed by atoms with Crippen LogP contribution in [0.25, 0.3) is 5.69 Å². The summed E-state index contributed by atoms with van der Waals surface area (Å²) in [6.07, 6.45) is 3.34. The normalized spacial score (nSPS) is 14.6. The molecule has 0 atom stereocenters. The maximum atomic E-state index is 12.5. The number of hydrogen-bond acceptors (Lipinski definition) is 4. The molecule has 1 aromatic heterocycles. The molecule has 6 heteroatoms. The fraction of sp³-hybridized carbons (Fsp3) is 0.158. The summed E-state index contributed by atoms with van der Waals surface area (Å²) in [6, 6.07) is 17.9. The van der Waals surface area contributed by atoms with E-state index >= 15 is 0 Å². The molecule has 0 saturated carbocycles. The van der Waals surface area contributed by atoms with Gasteiger partial charge >= 0.3 is 0 Å². The van der Waals surface area contributed by atoms with Crippen molar-refractivity contribution < 1.29 is 4.79 Å².